The number of carbonyl (C=O) groups excluding carboxylic acids is 1. The van der Waals surface area contributed by atoms with Crippen LogP contribution in [0.2, 0.25) is 0 Å². The van der Waals surface area contributed by atoms with Gasteiger partial charge in [-0.25, -0.2) is 17.9 Å². The molecule has 1 N–H and O–H groups in total. The first kappa shape index (κ1) is 32.9. The fourth-order valence-electron chi connectivity index (χ4n) is 4.79. The zero-order valence-corrected chi connectivity index (χ0v) is 26.0. The number of benzene rings is 1. The van der Waals surface area contributed by atoms with E-state index in [9.17, 15) is 26.4 Å². The molecule has 1 aromatic carbocycles. The Balaban J connectivity index is 1.27. The monoisotopic (exact) mass is 655 g/mol. The van der Waals surface area contributed by atoms with Gasteiger partial charge >= 0.3 is 6.18 Å². The molecule has 1 aliphatic rings. The van der Waals surface area contributed by atoms with Crippen molar-refractivity contribution in [3.05, 3.63) is 82.9 Å². The number of ether oxygens (including phenoxy) is 1. The summed E-state index contributed by atoms with van der Waals surface area (Å²) in [4.78, 5) is 25.5. The van der Waals surface area contributed by atoms with Gasteiger partial charge in [0.1, 0.15) is 15.5 Å². The number of nitrogens with zero attached hydrogens (tertiary/aromatic N) is 6. The highest BCUT2D eigenvalue weighted by molar-refractivity contribution is 7.90. The number of halogens is 3. The maximum atomic E-state index is 14.0. The quantitative estimate of drug-likeness (QED) is 0.214. The number of aromatic nitrogens is 4. The van der Waals surface area contributed by atoms with Crippen LogP contribution in [0.4, 0.5) is 18.9 Å². The van der Waals surface area contributed by atoms with E-state index in [4.69, 9.17) is 4.74 Å². The third-order valence-electron chi connectivity index (χ3n) is 7.25. The molecule has 242 valence electrons. The normalized spacial score (nSPS) is 14.5. The minimum absolute atomic E-state index is 0.000216. The molecule has 11 nitrogen and oxygen atoms in total. The number of alkyl halides is 3. The average Bonchev–Trinajstić information content (AvgIpc) is 3.41. The van der Waals surface area contributed by atoms with Crippen LogP contribution in [-0.4, -0.2) is 95.5 Å². The van der Waals surface area contributed by atoms with Crippen LogP contribution in [0.3, 0.4) is 0 Å². The van der Waals surface area contributed by atoms with Crippen LogP contribution in [0.1, 0.15) is 39.2 Å². The molecule has 46 heavy (non-hydrogen) atoms. The molecule has 1 aliphatic heterocycles. The van der Waals surface area contributed by atoms with Crippen LogP contribution in [0.15, 0.2) is 55.0 Å². The van der Waals surface area contributed by atoms with E-state index in [2.05, 4.69) is 37.1 Å². The standard InChI is InChI=1S/C31H32F3N7O4S/c1-39-10-12-40(13-11-39)21-23-5-6-25(17-27(23)31(32,33)34)37-30(42)24-16-22(18-35-19-24)4-7-26-20-36-28-8-9-29(38-41(26)28)45-14-3-15-46(2,43)44/h5-6,8-9,16-20H,3,10-15,21H2,1-2H3,(H,37,42). The van der Waals surface area contributed by atoms with E-state index in [1.54, 1.807) is 12.1 Å². The van der Waals surface area contributed by atoms with Gasteiger partial charge in [0.15, 0.2) is 5.65 Å². The first-order chi connectivity index (χ1) is 21.8. The molecule has 1 fully saturated rings. The highest BCUT2D eigenvalue weighted by Gasteiger charge is 2.34. The van der Waals surface area contributed by atoms with E-state index in [1.807, 2.05) is 11.9 Å². The van der Waals surface area contributed by atoms with Gasteiger partial charge in [-0.2, -0.15) is 13.2 Å². The molecule has 1 saturated heterocycles. The van der Waals surface area contributed by atoms with Gasteiger partial charge < -0.3 is 15.0 Å². The van der Waals surface area contributed by atoms with Crippen LogP contribution < -0.4 is 10.1 Å². The zero-order valence-electron chi connectivity index (χ0n) is 25.2. The van der Waals surface area contributed by atoms with Crippen LogP contribution in [-0.2, 0) is 22.6 Å². The van der Waals surface area contributed by atoms with E-state index in [1.165, 1.54) is 41.3 Å². The summed E-state index contributed by atoms with van der Waals surface area (Å²) in [5.74, 6) is 5.47. The lowest BCUT2D eigenvalue weighted by Gasteiger charge is -2.33. The Morgan fingerprint density at radius 2 is 1.83 bits per heavy atom. The molecule has 15 heteroatoms. The molecule has 0 saturated carbocycles. The number of hydrogen-bond acceptors (Lipinski definition) is 9. The second-order valence-corrected chi connectivity index (χ2v) is 13.3. The first-order valence-electron chi connectivity index (χ1n) is 14.4. The van der Waals surface area contributed by atoms with Gasteiger partial charge in [0.2, 0.25) is 5.88 Å². The number of sulfone groups is 1. The Bertz CT molecular complexity index is 1890. The highest BCUT2D eigenvalue weighted by atomic mass is 32.2. The van der Waals surface area contributed by atoms with Crippen molar-refractivity contribution < 1.29 is 31.1 Å². The fraction of sp³-hybridized carbons (Fsp3) is 0.355. The summed E-state index contributed by atoms with van der Waals surface area (Å²) in [5.41, 5.74) is 0.807. The summed E-state index contributed by atoms with van der Waals surface area (Å²) < 4.78 is 71.6. The van der Waals surface area contributed by atoms with Crippen LogP contribution in [0.5, 0.6) is 5.88 Å². The summed E-state index contributed by atoms with van der Waals surface area (Å²) in [5, 5.41) is 6.90. The second-order valence-electron chi connectivity index (χ2n) is 11.0. The van der Waals surface area contributed by atoms with Gasteiger partial charge in [0, 0.05) is 68.7 Å². The number of hydrogen-bond donors (Lipinski definition) is 1. The van der Waals surface area contributed by atoms with Crippen molar-refractivity contribution in [2.45, 2.75) is 19.1 Å². The minimum atomic E-state index is -4.59. The molecule has 0 radical (unpaired) electrons. The summed E-state index contributed by atoms with van der Waals surface area (Å²) in [7, 11) is -1.11. The van der Waals surface area contributed by atoms with E-state index in [-0.39, 0.29) is 41.6 Å². The predicted molar refractivity (Wildman–Crippen MR) is 165 cm³/mol. The largest absolute Gasteiger partial charge is 0.477 e. The van der Waals surface area contributed by atoms with Gasteiger partial charge in [-0.1, -0.05) is 12.0 Å². The number of amides is 1. The summed E-state index contributed by atoms with van der Waals surface area (Å²) in [6, 6.07) is 8.62. The number of rotatable bonds is 9. The van der Waals surface area contributed by atoms with Gasteiger partial charge in [-0.3, -0.25) is 14.7 Å². The molecule has 5 rings (SSSR count). The number of piperazine rings is 1. The van der Waals surface area contributed by atoms with Gasteiger partial charge in [0.05, 0.1) is 29.7 Å². The van der Waals surface area contributed by atoms with Crippen molar-refractivity contribution in [1.29, 1.82) is 0 Å². The molecule has 0 atom stereocenters. The first-order valence-corrected chi connectivity index (χ1v) is 16.4. The molecule has 4 heterocycles. The Morgan fingerprint density at radius 3 is 2.57 bits per heavy atom. The Hall–Kier alpha value is -4.52. The Kier molecular flexibility index (Phi) is 9.90. The Labute approximate surface area is 264 Å². The van der Waals surface area contributed by atoms with Crippen LogP contribution in [0.25, 0.3) is 5.65 Å². The summed E-state index contributed by atoms with van der Waals surface area (Å²) in [6.07, 6.45) is 1.16. The van der Waals surface area contributed by atoms with E-state index >= 15 is 0 Å². The van der Waals surface area contributed by atoms with Crippen molar-refractivity contribution in [3.63, 3.8) is 0 Å². The molecule has 0 bridgehead atoms. The smallest absolute Gasteiger partial charge is 0.416 e. The lowest BCUT2D eigenvalue weighted by Crippen LogP contribution is -2.44. The molecule has 0 unspecified atom stereocenters. The number of pyridine rings is 1. The molecular weight excluding hydrogens is 623 g/mol. The van der Waals surface area contributed by atoms with Crippen LogP contribution >= 0.6 is 0 Å². The number of anilines is 1. The lowest BCUT2D eigenvalue weighted by molar-refractivity contribution is -0.138. The third kappa shape index (κ3) is 8.81. The van der Waals surface area contributed by atoms with Crippen molar-refractivity contribution in [1.82, 2.24) is 29.4 Å². The zero-order chi connectivity index (χ0) is 32.9. The number of imidazole rings is 1. The van der Waals surface area contributed by atoms with Crippen LogP contribution in [0, 0.1) is 11.8 Å². The van der Waals surface area contributed by atoms with Crippen molar-refractivity contribution in [2.75, 3.05) is 57.2 Å². The second kappa shape index (κ2) is 13.9. The predicted octanol–water partition coefficient (Wildman–Crippen LogP) is 3.36. The van der Waals surface area contributed by atoms with Gasteiger partial charge in [-0.05, 0) is 49.2 Å². The minimum Gasteiger partial charge on any atom is -0.477 e. The number of fused-ring (bicyclic) bond motifs is 1. The lowest BCUT2D eigenvalue weighted by atomic mass is 10.0. The highest BCUT2D eigenvalue weighted by Crippen LogP contribution is 2.34. The van der Waals surface area contributed by atoms with Gasteiger partial charge in [0.25, 0.3) is 5.91 Å². The average molecular weight is 656 g/mol. The van der Waals surface area contributed by atoms with E-state index in [0.717, 1.165) is 25.4 Å². The van der Waals surface area contributed by atoms with Gasteiger partial charge in [-0.15, -0.1) is 5.10 Å². The van der Waals surface area contributed by atoms with Crippen molar-refractivity contribution in [3.8, 4) is 17.7 Å². The topological polar surface area (TPSA) is 122 Å². The summed E-state index contributed by atoms with van der Waals surface area (Å²) >= 11 is 0. The number of carbonyl (C=O) groups is 1. The van der Waals surface area contributed by atoms with Crippen molar-refractivity contribution in [2.24, 2.45) is 0 Å². The maximum Gasteiger partial charge on any atom is 0.416 e. The van der Waals surface area contributed by atoms with E-state index < -0.39 is 27.5 Å². The SMILES string of the molecule is CN1CCN(Cc2ccc(NC(=O)c3cncc(C#Cc4cnc5ccc(OCCCS(C)(=O)=O)nn45)c3)cc2C(F)(F)F)CC1. The fourth-order valence-corrected chi connectivity index (χ4v) is 5.43. The molecule has 1 amide bonds. The van der Waals surface area contributed by atoms with E-state index in [0.29, 0.717) is 36.4 Å². The van der Waals surface area contributed by atoms with Crippen molar-refractivity contribution >= 4 is 27.1 Å². The molecule has 0 spiro atoms. The molecule has 3 aromatic heterocycles. The Morgan fingerprint density at radius 1 is 1.04 bits per heavy atom. The molecule has 4 aromatic rings. The molecule has 0 aliphatic carbocycles. The molecular formula is C31H32F3N7O4S. The number of nitrogens with one attached hydrogen (secondary N) is 1. The maximum absolute atomic E-state index is 14.0. The third-order valence-corrected chi connectivity index (χ3v) is 8.28. The number of likely N-dealkylation sites (N-methyl/N-ethyl adjacent to an activating group) is 1. The summed E-state index contributed by atoms with van der Waals surface area (Å²) in [6.45, 7) is 3.27.